The summed E-state index contributed by atoms with van der Waals surface area (Å²) in [6.07, 6.45) is 0.368. The molecule has 1 atom stereocenters. The largest absolute Gasteiger partial charge is 0.480 e. The maximum Gasteiger partial charge on any atom is 0.326 e. The normalized spacial score (nSPS) is 13.1. The van der Waals surface area contributed by atoms with Crippen LogP contribution in [0.1, 0.15) is 34.1 Å². The molecule has 14 heavy (non-hydrogen) atoms. The van der Waals surface area contributed by atoms with Crippen LogP contribution in [0.5, 0.6) is 0 Å². The molecule has 0 aliphatic rings. The Morgan fingerprint density at radius 2 is 1.86 bits per heavy atom. The third kappa shape index (κ3) is 5.40. The molecule has 0 spiro atoms. The molecule has 5 heteroatoms. The summed E-state index contributed by atoms with van der Waals surface area (Å²) in [5.74, 6) is -1.02. The fourth-order valence-electron chi connectivity index (χ4n) is 0.873. The van der Waals surface area contributed by atoms with Crippen LogP contribution in [0, 0.1) is 0 Å². The lowest BCUT2D eigenvalue weighted by Gasteiger charge is -2.22. The predicted octanol–water partition coefficient (Wildman–Crippen LogP) is 0.947. The minimum Gasteiger partial charge on any atom is -0.480 e. The Kier molecular flexibility index (Phi) is 4.40. The minimum atomic E-state index is -1.02. The number of hydrogen-bond acceptors (Lipinski definition) is 2. The summed E-state index contributed by atoms with van der Waals surface area (Å²) in [5.41, 5.74) is -0.360. The van der Waals surface area contributed by atoms with E-state index in [9.17, 15) is 9.59 Å². The van der Waals surface area contributed by atoms with Crippen molar-refractivity contribution in [1.29, 1.82) is 0 Å². The maximum absolute atomic E-state index is 11.2. The van der Waals surface area contributed by atoms with E-state index in [1.165, 1.54) is 0 Å². The van der Waals surface area contributed by atoms with E-state index in [2.05, 4.69) is 10.6 Å². The summed E-state index contributed by atoms with van der Waals surface area (Å²) in [5, 5.41) is 13.7. The van der Waals surface area contributed by atoms with Gasteiger partial charge in [0.2, 0.25) is 0 Å². The first-order valence-corrected chi connectivity index (χ1v) is 4.57. The summed E-state index contributed by atoms with van der Waals surface area (Å²) < 4.78 is 0. The highest BCUT2D eigenvalue weighted by Gasteiger charge is 2.20. The van der Waals surface area contributed by atoms with Gasteiger partial charge in [-0.25, -0.2) is 9.59 Å². The molecule has 0 radical (unpaired) electrons. The lowest BCUT2D eigenvalue weighted by Crippen LogP contribution is -2.51. The highest BCUT2D eigenvalue weighted by molar-refractivity contribution is 5.82. The van der Waals surface area contributed by atoms with E-state index in [4.69, 9.17) is 5.11 Å². The zero-order valence-electron chi connectivity index (χ0n) is 9.05. The third-order valence-corrected chi connectivity index (χ3v) is 1.50. The Labute approximate surface area is 83.9 Å². The van der Waals surface area contributed by atoms with Crippen LogP contribution in [0.3, 0.4) is 0 Å². The van der Waals surface area contributed by atoms with Gasteiger partial charge in [-0.15, -0.1) is 0 Å². The standard InChI is InChI=1S/C9H18N2O3/c1-5-6(7(12)13)10-8(14)11-9(2,3)4/h6H,5H2,1-4H3,(H,12,13)(H2,10,11,14). The van der Waals surface area contributed by atoms with Gasteiger partial charge in [0.15, 0.2) is 0 Å². The summed E-state index contributed by atoms with van der Waals surface area (Å²) in [6, 6.07) is -1.27. The molecule has 0 heterocycles. The Morgan fingerprint density at radius 3 is 2.14 bits per heavy atom. The zero-order valence-corrected chi connectivity index (χ0v) is 9.05. The van der Waals surface area contributed by atoms with Gasteiger partial charge in [-0.1, -0.05) is 6.92 Å². The van der Waals surface area contributed by atoms with Gasteiger partial charge < -0.3 is 15.7 Å². The van der Waals surface area contributed by atoms with Crippen molar-refractivity contribution in [3.05, 3.63) is 0 Å². The molecule has 5 nitrogen and oxygen atoms in total. The van der Waals surface area contributed by atoms with Crippen molar-refractivity contribution in [2.24, 2.45) is 0 Å². The van der Waals surface area contributed by atoms with Crippen LogP contribution >= 0.6 is 0 Å². The number of urea groups is 1. The highest BCUT2D eigenvalue weighted by atomic mass is 16.4. The summed E-state index contributed by atoms with van der Waals surface area (Å²) in [7, 11) is 0. The van der Waals surface area contributed by atoms with E-state index in [-0.39, 0.29) is 5.54 Å². The van der Waals surface area contributed by atoms with Crippen LogP contribution < -0.4 is 10.6 Å². The average molecular weight is 202 g/mol. The molecule has 3 N–H and O–H groups in total. The van der Waals surface area contributed by atoms with Crippen molar-refractivity contribution in [2.45, 2.75) is 45.7 Å². The number of nitrogens with one attached hydrogen (secondary N) is 2. The number of carbonyl (C=O) groups excluding carboxylic acids is 1. The Hall–Kier alpha value is -1.26. The van der Waals surface area contributed by atoms with Crippen LogP contribution in [0.4, 0.5) is 4.79 Å². The number of carboxylic acid groups (broad SMARTS) is 1. The highest BCUT2D eigenvalue weighted by Crippen LogP contribution is 1.98. The number of aliphatic carboxylic acids is 1. The predicted molar refractivity (Wildman–Crippen MR) is 53.1 cm³/mol. The fraction of sp³-hybridized carbons (Fsp3) is 0.778. The van der Waals surface area contributed by atoms with Crippen molar-refractivity contribution in [3.63, 3.8) is 0 Å². The third-order valence-electron chi connectivity index (χ3n) is 1.50. The lowest BCUT2D eigenvalue weighted by molar-refractivity contribution is -0.139. The van der Waals surface area contributed by atoms with E-state index in [1.807, 2.05) is 20.8 Å². The zero-order chi connectivity index (χ0) is 11.4. The summed E-state index contributed by atoms with van der Waals surface area (Å²) >= 11 is 0. The van der Waals surface area contributed by atoms with E-state index in [1.54, 1.807) is 6.92 Å². The monoisotopic (exact) mass is 202 g/mol. The second-order valence-corrected chi connectivity index (χ2v) is 4.15. The molecular weight excluding hydrogens is 184 g/mol. The molecule has 2 amide bonds. The summed E-state index contributed by atoms with van der Waals surface area (Å²) in [4.78, 5) is 21.8. The lowest BCUT2D eigenvalue weighted by atomic mass is 10.1. The van der Waals surface area contributed by atoms with Crippen molar-refractivity contribution >= 4 is 12.0 Å². The van der Waals surface area contributed by atoms with Crippen molar-refractivity contribution in [2.75, 3.05) is 0 Å². The van der Waals surface area contributed by atoms with Gasteiger partial charge in [-0.3, -0.25) is 0 Å². The number of carboxylic acids is 1. The van der Waals surface area contributed by atoms with Gasteiger partial charge in [-0.05, 0) is 27.2 Å². The molecule has 82 valence electrons. The second kappa shape index (κ2) is 4.83. The molecular formula is C9H18N2O3. The first-order valence-electron chi connectivity index (χ1n) is 4.57. The van der Waals surface area contributed by atoms with Crippen LogP contribution in [0.2, 0.25) is 0 Å². The quantitative estimate of drug-likeness (QED) is 0.637. The van der Waals surface area contributed by atoms with Crippen molar-refractivity contribution in [3.8, 4) is 0 Å². The van der Waals surface area contributed by atoms with Gasteiger partial charge in [0.05, 0.1) is 0 Å². The Balaban J connectivity index is 4.11. The fourth-order valence-corrected chi connectivity index (χ4v) is 0.873. The number of rotatable bonds is 3. The minimum absolute atomic E-state index is 0.360. The molecule has 0 aromatic rings. The maximum atomic E-state index is 11.2. The molecule has 0 fully saturated rings. The van der Waals surface area contributed by atoms with Gasteiger partial charge >= 0.3 is 12.0 Å². The smallest absolute Gasteiger partial charge is 0.326 e. The van der Waals surface area contributed by atoms with Crippen LogP contribution in [0.25, 0.3) is 0 Å². The van der Waals surface area contributed by atoms with Gasteiger partial charge in [0.25, 0.3) is 0 Å². The molecule has 0 bridgehead atoms. The topological polar surface area (TPSA) is 78.4 Å². The number of hydrogen-bond donors (Lipinski definition) is 3. The molecule has 0 aliphatic carbocycles. The van der Waals surface area contributed by atoms with Gasteiger partial charge in [-0.2, -0.15) is 0 Å². The molecule has 0 saturated carbocycles. The summed E-state index contributed by atoms with van der Waals surface area (Å²) in [6.45, 7) is 7.19. The van der Waals surface area contributed by atoms with Crippen molar-refractivity contribution < 1.29 is 14.7 Å². The first kappa shape index (κ1) is 12.7. The van der Waals surface area contributed by atoms with Gasteiger partial charge in [0, 0.05) is 5.54 Å². The molecule has 0 saturated heterocycles. The molecule has 0 aromatic heterocycles. The molecule has 0 rings (SSSR count). The first-order chi connectivity index (χ1) is 6.26. The van der Waals surface area contributed by atoms with E-state index < -0.39 is 18.0 Å². The number of carbonyl (C=O) groups is 2. The Morgan fingerprint density at radius 1 is 1.36 bits per heavy atom. The van der Waals surface area contributed by atoms with E-state index >= 15 is 0 Å². The second-order valence-electron chi connectivity index (χ2n) is 4.15. The SMILES string of the molecule is CCC(NC(=O)NC(C)(C)C)C(=O)O. The number of amides is 2. The van der Waals surface area contributed by atoms with Crippen LogP contribution in [0.15, 0.2) is 0 Å². The average Bonchev–Trinajstić information content (AvgIpc) is 1.96. The van der Waals surface area contributed by atoms with E-state index in [0.717, 1.165) is 0 Å². The van der Waals surface area contributed by atoms with E-state index in [0.29, 0.717) is 6.42 Å². The molecule has 0 aliphatic heterocycles. The molecule has 1 unspecified atom stereocenters. The van der Waals surface area contributed by atoms with Gasteiger partial charge in [0.1, 0.15) is 6.04 Å². The molecule has 0 aromatic carbocycles. The van der Waals surface area contributed by atoms with Crippen molar-refractivity contribution in [1.82, 2.24) is 10.6 Å². The Bertz CT molecular complexity index is 221. The van der Waals surface area contributed by atoms with Crippen LogP contribution in [-0.2, 0) is 4.79 Å². The van der Waals surface area contributed by atoms with Crippen LogP contribution in [-0.4, -0.2) is 28.7 Å².